The minimum Gasteiger partial charge on any atom is -0.268 e. The molecule has 1 aliphatic carbocycles. The average Bonchev–Trinajstić information content (AvgIpc) is 3.13. The third kappa shape index (κ3) is 2.21. The molecule has 0 radical (unpaired) electrons. The van der Waals surface area contributed by atoms with Crippen molar-refractivity contribution in [3.63, 3.8) is 0 Å². The van der Waals surface area contributed by atoms with Crippen LogP contribution < -0.4 is 0 Å². The van der Waals surface area contributed by atoms with Gasteiger partial charge in [0.25, 0.3) is 0 Å². The first-order valence-corrected chi connectivity index (χ1v) is 6.95. The fourth-order valence-electron chi connectivity index (χ4n) is 2.18. The molecule has 1 aromatic heterocycles. The summed E-state index contributed by atoms with van der Waals surface area (Å²) in [7, 11) is 0. The van der Waals surface area contributed by atoms with Crippen molar-refractivity contribution in [1.29, 1.82) is 0 Å². The summed E-state index contributed by atoms with van der Waals surface area (Å²) in [6.07, 6.45) is 4.61. The van der Waals surface area contributed by atoms with Crippen LogP contribution >= 0.6 is 15.9 Å². The average molecular weight is 309 g/mol. The van der Waals surface area contributed by atoms with Gasteiger partial charge in [-0.3, -0.25) is 4.68 Å². The second kappa shape index (κ2) is 4.50. The molecule has 1 fully saturated rings. The van der Waals surface area contributed by atoms with Crippen molar-refractivity contribution in [1.82, 2.24) is 9.78 Å². The predicted octanol–water partition coefficient (Wildman–Crippen LogP) is 4.42. The maximum absolute atomic E-state index is 12.9. The number of nitrogens with zero attached hydrogens (tertiary/aromatic N) is 2. The van der Waals surface area contributed by atoms with Crippen molar-refractivity contribution in [2.45, 2.75) is 25.8 Å². The van der Waals surface area contributed by atoms with Gasteiger partial charge in [-0.15, -0.1) is 0 Å². The molecule has 0 bridgehead atoms. The van der Waals surface area contributed by atoms with Crippen LogP contribution in [0.5, 0.6) is 0 Å². The maximum atomic E-state index is 12.9. The highest BCUT2D eigenvalue weighted by molar-refractivity contribution is 9.10. The summed E-state index contributed by atoms with van der Waals surface area (Å²) in [5, 5.41) is 4.62. The standard InChI is InChI=1S/C14H14BrFN2/c1-9(10-2-3-10)18-8-13(15)14(17-18)11-4-6-12(16)7-5-11/h4-10H,2-3H2,1H3. The van der Waals surface area contributed by atoms with Crippen LogP contribution in [-0.2, 0) is 0 Å². The van der Waals surface area contributed by atoms with Crippen LogP contribution in [0, 0.1) is 11.7 Å². The van der Waals surface area contributed by atoms with E-state index in [9.17, 15) is 4.39 Å². The van der Waals surface area contributed by atoms with Crippen molar-refractivity contribution >= 4 is 15.9 Å². The van der Waals surface area contributed by atoms with Gasteiger partial charge in [-0.05, 0) is 65.9 Å². The van der Waals surface area contributed by atoms with E-state index in [1.54, 1.807) is 12.1 Å². The predicted molar refractivity (Wildman–Crippen MR) is 72.8 cm³/mol. The summed E-state index contributed by atoms with van der Waals surface area (Å²) in [5.41, 5.74) is 1.81. The Labute approximate surface area is 114 Å². The highest BCUT2D eigenvalue weighted by atomic mass is 79.9. The van der Waals surface area contributed by atoms with E-state index in [1.165, 1.54) is 25.0 Å². The topological polar surface area (TPSA) is 17.8 Å². The van der Waals surface area contributed by atoms with Crippen LogP contribution in [0.2, 0.25) is 0 Å². The zero-order valence-corrected chi connectivity index (χ0v) is 11.7. The third-order valence-electron chi connectivity index (χ3n) is 3.53. The number of benzene rings is 1. The number of rotatable bonds is 3. The molecule has 0 amide bonds. The van der Waals surface area contributed by atoms with Crippen LogP contribution in [-0.4, -0.2) is 9.78 Å². The van der Waals surface area contributed by atoms with Crippen LogP contribution in [0.4, 0.5) is 4.39 Å². The number of halogens is 2. The summed E-state index contributed by atoms with van der Waals surface area (Å²) >= 11 is 3.53. The van der Waals surface area contributed by atoms with E-state index < -0.39 is 0 Å². The van der Waals surface area contributed by atoms with E-state index in [0.29, 0.717) is 6.04 Å². The van der Waals surface area contributed by atoms with Gasteiger partial charge in [0.15, 0.2) is 0 Å². The van der Waals surface area contributed by atoms with Crippen molar-refractivity contribution in [2.75, 3.05) is 0 Å². The number of aromatic nitrogens is 2. The number of hydrogen-bond acceptors (Lipinski definition) is 1. The molecule has 2 aromatic rings. The van der Waals surface area contributed by atoms with Crippen LogP contribution in [0.1, 0.15) is 25.8 Å². The fourth-order valence-corrected chi connectivity index (χ4v) is 2.69. The van der Waals surface area contributed by atoms with Gasteiger partial charge in [0.05, 0.1) is 10.5 Å². The molecule has 1 aromatic carbocycles. The van der Waals surface area contributed by atoms with E-state index in [4.69, 9.17) is 0 Å². The van der Waals surface area contributed by atoms with Gasteiger partial charge in [0.1, 0.15) is 11.5 Å². The van der Waals surface area contributed by atoms with Gasteiger partial charge >= 0.3 is 0 Å². The molecule has 0 spiro atoms. The Kier molecular flexibility index (Phi) is 2.98. The quantitative estimate of drug-likeness (QED) is 0.820. The van der Waals surface area contributed by atoms with Gasteiger partial charge in [0, 0.05) is 11.8 Å². The first-order chi connectivity index (χ1) is 8.65. The Bertz CT molecular complexity index is 558. The van der Waals surface area contributed by atoms with Gasteiger partial charge in [-0.25, -0.2) is 4.39 Å². The molecule has 1 heterocycles. The monoisotopic (exact) mass is 308 g/mol. The summed E-state index contributed by atoms with van der Waals surface area (Å²) in [6, 6.07) is 6.88. The lowest BCUT2D eigenvalue weighted by atomic mass is 10.1. The van der Waals surface area contributed by atoms with E-state index >= 15 is 0 Å². The van der Waals surface area contributed by atoms with E-state index in [0.717, 1.165) is 21.6 Å². The molecule has 0 saturated heterocycles. The first-order valence-electron chi connectivity index (χ1n) is 6.16. The Balaban J connectivity index is 1.94. The zero-order chi connectivity index (χ0) is 12.7. The van der Waals surface area contributed by atoms with Crippen LogP contribution in [0.15, 0.2) is 34.9 Å². The Morgan fingerprint density at radius 2 is 2.00 bits per heavy atom. The number of hydrogen-bond donors (Lipinski definition) is 0. The maximum Gasteiger partial charge on any atom is 0.123 e. The van der Waals surface area contributed by atoms with Crippen LogP contribution in [0.3, 0.4) is 0 Å². The summed E-state index contributed by atoms with van der Waals surface area (Å²) < 4.78 is 15.9. The summed E-state index contributed by atoms with van der Waals surface area (Å²) in [6.45, 7) is 2.20. The smallest absolute Gasteiger partial charge is 0.123 e. The molecule has 2 nitrogen and oxygen atoms in total. The summed E-state index contributed by atoms with van der Waals surface area (Å²) in [4.78, 5) is 0. The molecule has 0 N–H and O–H groups in total. The molecule has 4 heteroatoms. The molecule has 0 aliphatic heterocycles. The second-order valence-corrected chi connectivity index (χ2v) is 5.74. The molecule has 18 heavy (non-hydrogen) atoms. The minimum atomic E-state index is -0.222. The molecular formula is C14H14BrFN2. The largest absolute Gasteiger partial charge is 0.268 e. The third-order valence-corrected chi connectivity index (χ3v) is 4.11. The normalized spacial score (nSPS) is 16.8. The molecule has 1 unspecified atom stereocenters. The van der Waals surface area contributed by atoms with Crippen molar-refractivity contribution in [2.24, 2.45) is 5.92 Å². The van der Waals surface area contributed by atoms with E-state index in [-0.39, 0.29) is 5.82 Å². The fraction of sp³-hybridized carbons (Fsp3) is 0.357. The molecule has 1 aliphatic rings. The minimum absolute atomic E-state index is 0.222. The molecule has 94 valence electrons. The highest BCUT2D eigenvalue weighted by Crippen LogP contribution is 2.40. The lowest BCUT2D eigenvalue weighted by Gasteiger charge is -2.09. The molecule has 1 saturated carbocycles. The lowest BCUT2D eigenvalue weighted by Crippen LogP contribution is -2.07. The van der Waals surface area contributed by atoms with Gasteiger partial charge in [0.2, 0.25) is 0 Å². The zero-order valence-electron chi connectivity index (χ0n) is 10.1. The Morgan fingerprint density at radius 1 is 1.33 bits per heavy atom. The van der Waals surface area contributed by atoms with Crippen LogP contribution in [0.25, 0.3) is 11.3 Å². The van der Waals surface area contributed by atoms with Crippen molar-refractivity contribution in [3.8, 4) is 11.3 Å². The van der Waals surface area contributed by atoms with Gasteiger partial charge < -0.3 is 0 Å². The van der Waals surface area contributed by atoms with E-state index in [2.05, 4.69) is 28.0 Å². The van der Waals surface area contributed by atoms with Gasteiger partial charge in [-0.1, -0.05) is 0 Å². The Morgan fingerprint density at radius 3 is 2.61 bits per heavy atom. The SMILES string of the molecule is CC(C1CC1)n1cc(Br)c(-c2ccc(F)cc2)n1. The second-order valence-electron chi connectivity index (χ2n) is 4.89. The molecular weight excluding hydrogens is 295 g/mol. The Hall–Kier alpha value is -1.16. The summed E-state index contributed by atoms with van der Waals surface area (Å²) in [5.74, 6) is 0.540. The highest BCUT2D eigenvalue weighted by Gasteiger charge is 2.30. The van der Waals surface area contributed by atoms with Gasteiger partial charge in [-0.2, -0.15) is 5.10 Å². The van der Waals surface area contributed by atoms with E-state index in [1.807, 2.05) is 10.9 Å². The van der Waals surface area contributed by atoms with Crippen molar-refractivity contribution < 1.29 is 4.39 Å². The first kappa shape index (κ1) is 11.9. The van der Waals surface area contributed by atoms with Crippen molar-refractivity contribution in [3.05, 3.63) is 40.8 Å². The molecule has 3 rings (SSSR count). The molecule has 1 atom stereocenters. The lowest BCUT2D eigenvalue weighted by molar-refractivity contribution is 0.441.